The van der Waals surface area contributed by atoms with E-state index in [1.165, 1.54) is 16.7 Å². The number of benzene rings is 2. The molecule has 0 aliphatic heterocycles. The molecule has 0 spiro atoms. The van der Waals surface area contributed by atoms with Gasteiger partial charge < -0.3 is 5.32 Å². The fraction of sp³-hybridized carbons (Fsp3) is 0.190. The number of thioether (sulfide) groups is 1. The van der Waals surface area contributed by atoms with Crippen molar-refractivity contribution in [3.8, 4) is 0 Å². The molecular formula is C21H21N3OS2. The van der Waals surface area contributed by atoms with Crippen molar-refractivity contribution in [1.82, 2.24) is 9.97 Å². The van der Waals surface area contributed by atoms with E-state index in [1.807, 2.05) is 68.4 Å². The van der Waals surface area contributed by atoms with E-state index in [4.69, 9.17) is 0 Å². The fourth-order valence-electron chi connectivity index (χ4n) is 2.52. The number of aromatic nitrogens is 2. The molecule has 1 amide bonds. The van der Waals surface area contributed by atoms with E-state index in [-0.39, 0.29) is 5.91 Å². The SMILES string of the molecule is CCSc1ccc(C(=O)Nc2ccc(Sc3nc(C)cc(C)n3)cc2)cc1. The number of aryl methyl sites for hydroxylation is 2. The molecule has 0 saturated carbocycles. The summed E-state index contributed by atoms with van der Waals surface area (Å²) in [5.41, 5.74) is 3.32. The monoisotopic (exact) mass is 395 g/mol. The highest BCUT2D eigenvalue weighted by molar-refractivity contribution is 7.99. The third-order valence-corrected chi connectivity index (χ3v) is 5.48. The average Bonchev–Trinajstić information content (AvgIpc) is 2.63. The van der Waals surface area contributed by atoms with Crippen LogP contribution in [0.25, 0.3) is 0 Å². The predicted octanol–water partition coefficient (Wildman–Crippen LogP) is 5.61. The second-order valence-electron chi connectivity index (χ2n) is 5.97. The summed E-state index contributed by atoms with van der Waals surface area (Å²) >= 11 is 3.27. The summed E-state index contributed by atoms with van der Waals surface area (Å²) in [4.78, 5) is 23.5. The Labute approximate surface area is 168 Å². The van der Waals surface area contributed by atoms with Gasteiger partial charge in [0.05, 0.1) is 0 Å². The van der Waals surface area contributed by atoms with E-state index in [9.17, 15) is 4.79 Å². The molecule has 6 heteroatoms. The van der Waals surface area contributed by atoms with Gasteiger partial charge in [0, 0.05) is 32.4 Å². The molecule has 3 rings (SSSR count). The number of nitrogens with one attached hydrogen (secondary N) is 1. The third-order valence-electron chi connectivity index (χ3n) is 3.71. The molecule has 0 aliphatic carbocycles. The molecule has 3 aromatic rings. The van der Waals surface area contributed by atoms with Crippen LogP contribution in [0.3, 0.4) is 0 Å². The highest BCUT2D eigenvalue weighted by Gasteiger charge is 2.07. The standard InChI is InChI=1S/C21H21N3OS2/c1-4-26-18-9-5-16(6-10-18)20(25)24-17-7-11-19(12-8-17)27-21-22-14(2)13-15(3)23-21/h5-13H,4H2,1-3H3,(H,24,25). The quantitative estimate of drug-likeness (QED) is 0.434. The molecule has 0 aliphatic rings. The van der Waals surface area contributed by atoms with Crippen LogP contribution in [0.15, 0.2) is 69.5 Å². The number of carbonyl (C=O) groups excluding carboxylic acids is 1. The van der Waals surface area contributed by atoms with E-state index >= 15 is 0 Å². The number of nitrogens with zero attached hydrogens (tertiary/aromatic N) is 2. The first kappa shape index (κ1) is 19.5. The Morgan fingerprint density at radius 1 is 0.926 bits per heavy atom. The molecule has 4 nitrogen and oxygen atoms in total. The highest BCUT2D eigenvalue weighted by Crippen LogP contribution is 2.26. The van der Waals surface area contributed by atoms with Gasteiger partial charge in [-0.05, 0) is 86.0 Å². The summed E-state index contributed by atoms with van der Waals surface area (Å²) in [6.45, 7) is 6.04. The lowest BCUT2D eigenvalue weighted by Crippen LogP contribution is -2.11. The first-order valence-electron chi connectivity index (χ1n) is 8.68. The van der Waals surface area contributed by atoms with Gasteiger partial charge in [0.2, 0.25) is 0 Å². The Hall–Kier alpha value is -2.31. The zero-order valence-electron chi connectivity index (χ0n) is 15.5. The van der Waals surface area contributed by atoms with Crippen LogP contribution < -0.4 is 5.32 Å². The zero-order valence-corrected chi connectivity index (χ0v) is 17.2. The maximum absolute atomic E-state index is 12.4. The van der Waals surface area contributed by atoms with Gasteiger partial charge in [0.25, 0.3) is 5.91 Å². The van der Waals surface area contributed by atoms with Crippen molar-refractivity contribution in [3.63, 3.8) is 0 Å². The van der Waals surface area contributed by atoms with Crippen molar-refractivity contribution < 1.29 is 4.79 Å². The van der Waals surface area contributed by atoms with Crippen LogP contribution in [0.5, 0.6) is 0 Å². The lowest BCUT2D eigenvalue weighted by atomic mass is 10.2. The minimum atomic E-state index is -0.110. The van der Waals surface area contributed by atoms with Crippen molar-refractivity contribution in [3.05, 3.63) is 71.5 Å². The van der Waals surface area contributed by atoms with Crippen molar-refractivity contribution in [2.45, 2.75) is 35.7 Å². The van der Waals surface area contributed by atoms with Crippen molar-refractivity contribution >= 4 is 35.1 Å². The van der Waals surface area contributed by atoms with Gasteiger partial charge in [-0.15, -0.1) is 11.8 Å². The molecule has 1 N–H and O–H groups in total. The van der Waals surface area contributed by atoms with Crippen LogP contribution in [0.4, 0.5) is 5.69 Å². The molecule has 0 unspecified atom stereocenters. The second kappa shape index (κ2) is 9.06. The van der Waals surface area contributed by atoms with E-state index in [0.717, 1.165) is 32.9 Å². The Kier molecular flexibility index (Phi) is 6.53. The van der Waals surface area contributed by atoms with Crippen molar-refractivity contribution in [2.75, 3.05) is 11.1 Å². The predicted molar refractivity (Wildman–Crippen MR) is 113 cm³/mol. The van der Waals surface area contributed by atoms with Gasteiger partial charge in [0.15, 0.2) is 5.16 Å². The molecule has 0 fully saturated rings. The van der Waals surface area contributed by atoms with Crippen LogP contribution in [0.1, 0.15) is 28.7 Å². The van der Waals surface area contributed by atoms with E-state index in [0.29, 0.717) is 5.56 Å². The number of hydrogen-bond acceptors (Lipinski definition) is 5. The minimum absolute atomic E-state index is 0.110. The van der Waals surface area contributed by atoms with E-state index < -0.39 is 0 Å². The Morgan fingerprint density at radius 3 is 2.11 bits per heavy atom. The second-order valence-corrected chi connectivity index (χ2v) is 8.35. The van der Waals surface area contributed by atoms with Crippen LogP contribution >= 0.6 is 23.5 Å². The summed E-state index contributed by atoms with van der Waals surface area (Å²) in [5.74, 6) is 0.907. The molecule has 0 bridgehead atoms. The first-order valence-corrected chi connectivity index (χ1v) is 10.5. The summed E-state index contributed by atoms with van der Waals surface area (Å²) in [5, 5.41) is 3.66. The molecule has 138 valence electrons. The molecule has 1 heterocycles. The van der Waals surface area contributed by atoms with Crippen molar-refractivity contribution in [1.29, 1.82) is 0 Å². The number of amides is 1. The van der Waals surface area contributed by atoms with E-state index in [2.05, 4.69) is 22.2 Å². The lowest BCUT2D eigenvalue weighted by molar-refractivity contribution is 0.102. The molecule has 0 radical (unpaired) electrons. The highest BCUT2D eigenvalue weighted by atomic mass is 32.2. The largest absolute Gasteiger partial charge is 0.322 e. The number of hydrogen-bond donors (Lipinski definition) is 1. The molecule has 0 saturated heterocycles. The van der Waals surface area contributed by atoms with Crippen molar-refractivity contribution in [2.24, 2.45) is 0 Å². The van der Waals surface area contributed by atoms with Gasteiger partial charge in [-0.1, -0.05) is 6.92 Å². The van der Waals surface area contributed by atoms with Gasteiger partial charge >= 0.3 is 0 Å². The molecule has 1 aromatic heterocycles. The fourth-order valence-corrected chi connectivity index (χ4v) is 4.05. The van der Waals surface area contributed by atoms with Crippen LogP contribution in [0, 0.1) is 13.8 Å². The normalized spacial score (nSPS) is 10.6. The summed E-state index contributed by atoms with van der Waals surface area (Å²) in [7, 11) is 0. The number of anilines is 1. The Bertz CT molecular complexity index is 905. The van der Waals surface area contributed by atoms with Crippen LogP contribution in [0.2, 0.25) is 0 Å². The summed E-state index contributed by atoms with van der Waals surface area (Å²) < 4.78 is 0. The van der Waals surface area contributed by atoms with Crippen LogP contribution in [-0.4, -0.2) is 21.6 Å². The molecule has 27 heavy (non-hydrogen) atoms. The minimum Gasteiger partial charge on any atom is -0.322 e. The molecule has 0 atom stereocenters. The van der Waals surface area contributed by atoms with Gasteiger partial charge in [-0.3, -0.25) is 4.79 Å². The summed E-state index contributed by atoms with van der Waals surface area (Å²) in [6.07, 6.45) is 0. The maximum Gasteiger partial charge on any atom is 0.255 e. The smallest absolute Gasteiger partial charge is 0.255 e. The topological polar surface area (TPSA) is 54.9 Å². The van der Waals surface area contributed by atoms with Gasteiger partial charge in [0.1, 0.15) is 0 Å². The molecule has 2 aromatic carbocycles. The van der Waals surface area contributed by atoms with Gasteiger partial charge in [-0.25, -0.2) is 9.97 Å². The summed E-state index contributed by atoms with van der Waals surface area (Å²) in [6, 6.07) is 17.3. The lowest BCUT2D eigenvalue weighted by Gasteiger charge is -2.07. The van der Waals surface area contributed by atoms with Gasteiger partial charge in [-0.2, -0.15) is 0 Å². The van der Waals surface area contributed by atoms with E-state index in [1.54, 1.807) is 11.8 Å². The zero-order chi connectivity index (χ0) is 19.2. The van der Waals surface area contributed by atoms with Crippen LogP contribution in [-0.2, 0) is 0 Å². The number of rotatable bonds is 6. The number of carbonyl (C=O) groups is 1. The Balaban J connectivity index is 1.63. The molecular weight excluding hydrogens is 374 g/mol. The first-order chi connectivity index (χ1) is 13.0. The third kappa shape index (κ3) is 5.58. The average molecular weight is 396 g/mol. The Morgan fingerprint density at radius 2 is 1.52 bits per heavy atom. The maximum atomic E-state index is 12.4.